The van der Waals surface area contributed by atoms with E-state index >= 15 is 0 Å². The van der Waals surface area contributed by atoms with E-state index in [1.165, 1.54) is 12.1 Å². The Morgan fingerprint density at radius 1 is 1.23 bits per heavy atom. The molecular formula is C16H16N2O4. The van der Waals surface area contributed by atoms with Gasteiger partial charge in [0.25, 0.3) is 5.69 Å². The van der Waals surface area contributed by atoms with Gasteiger partial charge in [-0.2, -0.15) is 0 Å². The molecule has 1 aliphatic heterocycles. The lowest BCUT2D eigenvalue weighted by Gasteiger charge is -2.16. The van der Waals surface area contributed by atoms with Crippen molar-refractivity contribution in [2.24, 2.45) is 0 Å². The fourth-order valence-corrected chi connectivity index (χ4v) is 2.55. The highest BCUT2D eigenvalue weighted by atomic mass is 16.6. The molecule has 0 spiro atoms. The number of rotatable bonds is 4. The smallest absolute Gasteiger partial charge is 0.269 e. The molecule has 114 valence electrons. The fourth-order valence-electron chi connectivity index (χ4n) is 2.55. The zero-order chi connectivity index (χ0) is 15.5. The number of benzene rings is 2. The van der Waals surface area contributed by atoms with E-state index in [2.05, 4.69) is 5.32 Å². The highest BCUT2D eigenvalue weighted by Gasteiger charge is 2.29. The molecule has 3 rings (SSSR count). The molecule has 2 aromatic carbocycles. The van der Waals surface area contributed by atoms with E-state index in [-0.39, 0.29) is 18.0 Å². The largest absolute Gasteiger partial charge is 0.496 e. The molecule has 1 heterocycles. The number of para-hydroxylation sites is 1. The Morgan fingerprint density at radius 2 is 1.95 bits per heavy atom. The fraction of sp³-hybridized carbons (Fsp3) is 0.250. The molecule has 1 N–H and O–H groups in total. The summed E-state index contributed by atoms with van der Waals surface area (Å²) in [5, 5.41) is 14.0. The van der Waals surface area contributed by atoms with Crippen LogP contribution in [0.4, 0.5) is 5.69 Å². The first-order valence-electron chi connectivity index (χ1n) is 6.95. The molecule has 0 unspecified atom stereocenters. The summed E-state index contributed by atoms with van der Waals surface area (Å²) in [7, 11) is 1.63. The average molecular weight is 300 g/mol. The maximum Gasteiger partial charge on any atom is 0.269 e. The number of nitrogens with zero attached hydrogens (tertiary/aromatic N) is 1. The van der Waals surface area contributed by atoms with Gasteiger partial charge in [-0.25, -0.2) is 0 Å². The van der Waals surface area contributed by atoms with Gasteiger partial charge in [-0.1, -0.05) is 18.2 Å². The van der Waals surface area contributed by atoms with Gasteiger partial charge in [0, 0.05) is 24.2 Å². The van der Waals surface area contributed by atoms with Crippen molar-refractivity contribution in [3.63, 3.8) is 0 Å². The number of non-ortho nitro benzene ring substituents is 1. The molecule has 6 heteroatoms. The minimum Gasteiger partial charge on any atom is -0.496 e. The molecule has 0 amide bonds. The molecule has 2 aromatic rings. The zero-order valence-corrected chi connectivity index (χ0v) is 12.1. The van der Waals surface area contributed by atoms with Crippen LogP contribution in [0.2, 0.25) is 0 Å². The summed E-state index contributed by atoms with van der Waals surface area (Å²) in [5.74, 6) is 0.768. The van der Waals surface area contributed by atoms with Gasteiger partial charge in [-0.05, 0) is 23.8 Å². The van der Waals surface area contributed by atoms with Gasteiger partial charge in [0.05, 0.1) is 18.1 Å². The molecule has 6 nitrogen and oxygen atoms in total. The van der Waals surface area contributed by atoms with E-state index in [0.29, 0.717) is 6.54 Å². The highest BCUT2D eigenvalue weighted by molar-refractivity contribution is 5.37. The molecule has 2 atom stereocenters. The van der Waals surface area contributed by atoms with Gasteiger partial charge in [0.15, 0.2) is 0 Å². The second-order valence-corrected chi connectivity index (χ2v) is 5.00. The number of nitro benzene ring substituents is 1. The van der Waals surface area contributed by atoms with E-state index < -0.39 is 4.92 Å². The van der Waals surface area contributed by atoms with Crippen LogP contribution >= 0.6 is 0 Å². The minimum atomic E-state index is -0.408. The van der Waals surface area contributed by atoms with Crippen molar-refractivity contribution in [2.45, 2.75) is 12.3 Å². The van der Waals surface area contributed by atoms with Crippen LogP contribution in [0.1, 0.15) is 23.5 Å². The van der Waals surface area contributed by atoms with E-state index in [1.54, 1.807) is 19.2 Å². The van der Waals surface area contributed by atoms with Crippen LogP contribution in [-0.2, 0) is 4.74 Å². The number of ether oxygens (including phenoxy) is 2. The van der Waals surface area contributed by atoms with Crippen LogP contribution in [0.5, 0.6) is 5.75 Å². The van der Waals surface area contributed by atoms with Crippen LogP contribution in [0.15, 0.2) is 48.5 Å². The van der Waals surface area contributed by atoms with Crippen molar-refractivity contribution in [1.82, 2.24) is 5.32 Å². The Morgan fingerprint density at radius 3 is 2.64 bits per heavy atom. The number of nitrogens with one attached hydrogen (secondary N) is 1. The first-order chi connectivity index (χ1) is 10.7. The van der Waals surface area contributed by atoms with Crippen molar-refractivity contribution in [1.29, 1.82) is 0 Å². The van der Waals surface area contributed by atoms with Gasteiger partial charge in [0.1, 0.15) is 12.0 Å². The van der Waals surface area contributed by atoms with Crippen molar-refractivity contribution in [3.05, 3.63) is 69.8 Å². The Balaban J connectivity index is 1.76. The second kappa shape index (κ2) is 6.13. The quantitative estimate of drug-likeness (QED) is 0.694. The van der Waals surface area contributed by atoms with Crippen LogP contribution in [0.25, 0.3) is 0 Å². The lowest BCUT2D eigenvalue weighted by molar-refractivity contribution is -0.384. The van der Waals surface area contributed by atoms with Crippen molar-refractivity contribution >= 4 is 5.69 Å². The summed E-state index contributed by atoms with van der Waals surface area (Å²) in [6.45, 7) is 0.639. The van der Waals surface area contributed by atoms with Crippen molar-refractivity contribution in [2.75, 3.05) is 13.7 Å². The number of nitro groups is 1. The Labute approximate surface area is 127 Å². The summed E-state index contributed by atoms with van der Waals surface area (Å²) in [6, 6.07) is 14.1. The van der Waals surface area contributed by atoms with Crippen LogP contribution in [0.3, 0.4) is 0 Å². The molecule has 1 saturated heterocycles. The van der Waals surface area contributed by atoms with Gasteiger partial charge in [-0.3, -0.25) is 15.4 Å². The van der Waals surface area contributed by atoms with Crippen molar-refractivity contribution in [3.8, 4) is 5.75 Å². The van der Waals surface area contributed by atoms with Crippen LogP contribution in [0, 0.1) is 10.1 Å². The lowest BCUT2D eigenvalue weighted by Crippen LogP contribution is -2.14. The van der Waals surface area contributed by atoms with Crippen LogP contribution in [-0.4, -0.2) is 18.6 Å². The predicted molar refractivity (Wildman–Crippen MR) is 80.7 cm³/mol. The molecule has 1 fully saturated rings. The van der Waals surface area contributed by atoms with E-state index in [1.807, 2.05) is 24.3 Å². The summed E-state index contributed by atoms with van der Waals surface area (Å²) < 4.78 is 11.4. The molecule has 1 aliphatic rings. The molecule has 0 aromatic heterocycles. The summed E-state index contributed by atoms with van der Waals surface area (Å²) in [4.78, 5) is 10.3. The summed E-state index contributed by atoms with van der Waals surface area (Å²) >= 11 is 0. The maximum absolute atomic E-state index is 10.7. The lowest BCUT2D eigenvalue weighted by atomic mass is 10.1. The Kier molecular flexibility index (Phi) is 4.04. The Hall–Kier alpha value is -2.44. The van der Waals surface area contributed by atoms with Gasteiger partial charge >= 0.3 is 0 Å². The molecule has 0 saturated carbocycles. The second-order valence-electron chi connectivity index (χ2n) is 5.00. The number of hydrogen-bond donors (Lipinski definition) is 1. The molecule has 22 heavy (non-hydrogen) atoms. The first kappa shape index (κ1) is 14.5. The maximum atomic E-state index is 10.7. The molecule has 0 bridgehead atoms. The molecule has 0 radical (unpaired) electrons. The van der Waals surface area contributed by atoms with Gasteiger partial charge < -0.3 is 9.47 Å². The monoisotopic (exact) mass is 300 g/mol. The normalized spacial score (nSPS) is 20.8. The number of methoxy groups -OCH3 is 1. The first-order valence-corrected chi connectivity index (χ1v) is 6.95. The van der Waals surface area contributed by atoms with Crippen LogP contribution < -0.4 is 10.1 Å². The SMILES string of the molecule is COc1ccccc1[C@H]1NC[C@@H](c2ccc([N+](=O)[O-])cc2)O1. The molecular weight excluding hydrogens is 284 g/mol. The third-order valence-corrected chi connectivity index (χ3v) is 3.69. The highest BCUT2D eigenvalue weighted by Crippen LogP contribution is 2.34. The van der Waals surface area contributed by atoms with Gasteiger partial charge in [-0.15, -0.1) is 0 Å². The third kappa shape index (κ3) is 2.79. The van der Waals surface area contributed by atoms with Gasteiger partial charge in [0.2, 0.25) is 0 Å². The van der Waals surface area contributed by atoms with E-state index in [0.717, 1.165) is 16.9 Å². The Bertz CT molecular complexity index is 672. The number of hydrogen-bond acceptors (Lipinski definition) is 5. The summed E-state index contributed by atoms with van der Waals surface area (Å²) in [5.41, 5.74) is 1.93. The van der Waals surface area contributed by atoms with E-state index in [9.17, 15) is 10.1 Å². The van der Waals surface area contributed by atoms with E-state index in [4.69, 9.17) is 9.47 Å². The summed E-state index contributed by atoms with van der Waals surface area (Å²) in [6.07, 6.45) is -0.396. The van der Waals surface area contributed by atoms with Crippen molar-refractivity contribution < 1.29 is 14.4 Å². The standard InChI is InChI=1S/C16H16N2O4/c1-21-14-5-3-2-4-13(14)16-17-10-15(22-16)11-6-8-12(9-7-11)18(19)20/h2-9,15-17H,10H2,1H3/t15-,16-/m0/s1. The zero-order valence-electron chi connectivity index (χ0n) is 12.1. The topological polar surface area (TPSA) is 73.6 Å². The average Bonchev–Trinajstić information content (AvgIpc) is 3.04. The minimum absolute atomic E-state index is 0.0796. The molecule has 0 aliphatic carbocycles. The predicted octanol–water partition coefficient (Wildman–Crippen LogP) is 2.96. The third-order valence-electron chi connectivity index (χ3n) is 3.69.